The fourth-order valence-corrected chi connectivity index (χ4v) is 1.19. The van der Waals surface area contributed by atoms with E-state index < -0.39 is 17.5 Å². The number of rotatable bonds is 5. The maximum absolute atomic E-state index is 11.6. The molecule has 0 aromatic heterocycles. The Labute approximate surface area is 104 Å². The summed E-state index contributed by atoms with van der Waals surface area (Å²) in [6.07, 6.45) is 0. The smallest absolute Gasteiger partial charge is 0.337 e. The van der Waals surface area contributed by atoms with Crippen molar-refractivity contribution in [2.24, 2.45) is 0 Å². The molecule has 1 aromatic carbocycles. The van der Waals surface area contributed by atoms with Crippen LogP contribution in [0.4, 0.5) is 0 Å². The molecule has 0 aliphatic heterocycles. The number of nitrogens with one attached hydrogen (secondary N) is 1. The predicted molar refractivity (Wildman–Crippen MR) is 63.0 cm³/mol. The van der Waals surface area contributed by atoms with Crippen LogP contribution in [0.15, 0.2) is 24.3 Å². The van der Waals surface area contributed by atoms with Crippen LogP contribution in [0.2, 0.25) is 0 Å². The van der Waals surface area contributed by atoms with Crippen molar-refractivity contribution in [1.82, 2.24) is 5.32 Å². The largest absolute Gasteiger partial charge is 0.479 e. The third-order valence-corrected chi connectivity index (χ3v) is 2.45. The molecule has 1 atom stereocenters. The number of hydrogen-bond acceptors (Lipinski definition) is 4. The van der Waals surface area contributed by atoms with Gasteiger partial charge in [-0.05, 0) is 24.6 Å². The number of hydrogen-bond donors (Lipinski definition) is 4. The molecule has 4 N–H and O–H groups in total. The van der Waals surface area contributed by atoms with Gasteiger partial charge in [0, 0.05) is 5.56 Å². The molecule has 1 aromatic rings. The summed E-state index contributed by atoms with van der Waals surface area (Å²) in [7, 11) is 0. The van der Waals surface area contributed by atoms with E-state index in [1.165, 1.54) is 12.1 Å². The van der Waals surface area contributed by atoms with Gasteiger partial charge in [-0.25, -0.2) is 4.79 Å². The second-order valence-electron chi connectivity index (χ2n) is 4.12. The predicted octanol–water partition coefficient (Wildman–Crippen LogP) is -0.256. The van der Waals surface area contributed by atoms with Gasteiger partial charge in [0.15, 0.2) is 5.60 Å². The molecule has 98 valence electrons. The highest BCUT2D eigenvalue weighted by molar-refractivity contribution is 5.94. The SMILES string of the molecule is CC(O)(CNC(=O)c1ccc(CO)cc1)C(=O)O. The number of aliphatic hydroxyl groups is 2. The molecule has 18 heavy (non-hydrogen) atoms. The molecule has 6 nitrogen and oxygen atoms in total. The summed E-state index contributed by atoms with van der Waals surface area (Å²) in [5.41, 5.74) is -1.00. The minimum atomic E-state index is -2.00. The van der Waals surface area contributed by atoms with Crippen LogP contribution in [0.3, 0.4) is 0 Å². The lowest BCUT2D eigenvalue weighted by atomic mass is 10.1. The quantitative estimate of drug-likeness (QED) is 0.578. The Bertz CT molecular complexity index is 438. The molecule has 1 amide bonds. The van der Waals surface area contributed by atoms with Crippen LogP contribution in [-0.4, -0.2) is 39.3 Å². The fraction of sp³-hybridized carbons (Fsp3) is 0.333. The van der Waals surface area contributed by atoms with E-state index in [0.29, 0.717) is 11.1 Å². The third kappa shape index (κ3) is 3.54. The first kappa shape index (κ1) is 14.1. The summed E-state index contributed by atoms with van der Waals surface area (Å²) in [4.78, 5) is 22.3. The number of carbonyl (C=O) groups excluding carboxylic acids is 1. The lowest BCUT2D eigenvalue weighted by Gasteiger charge is -2.18. The molecule has 0 fully saturated rings. The van der Waals surface area contributed by atoms with Crippen molar-refractivity contribution < 1.29 is 24.9 Å². The second-order valence-corrected chi connectivity index (χ2v) is 4.12. The summed E-state index contributed by atoms with van der Waals surface area (Å²) < 4.78 is 0. The second kappa shape index (κ2) is 5.61. The van der Waals surface area contributed by atoms with Crippen LogP contribution < -0.4 is 5.32 Å². The molecule has 0 saturated heterocycles. The van der Waals surface area contributed by atoms with Crippen molar-refractivity contribution in [3.8, 4) is 0 Å². The van der Waals surface area contributed by atoms with Gasteiger partial charge in [-0.1, -0.05) is 12.1 Å². The average molecular weight is 253 g/mol. The van der Waals surface area contributed by atoms with Gasteiger partial charge in [0.05, 0.1) is 13.2 Å². The van der Waals surface area contributed by atoms with E-state index in [2.05, 4.69) is 5.32 Å². The summed E-state index contributed by atoms with van der Waals surface area (Å²) >= 11 is 0. The highest BCUT2D eigenvalue weighted by Gasteiger charge is 2.30. The lowest BCUT2D eigenvalue weighted by Crippen LogP contribution is -2.46. The number of benzene rings is 1. The Morgan fingerprint density at radius 1 is 1.28 bits per heavy atom. The molecular formula is C12H15NO5. The van der Waals surface area contributed by atoms with Crippen molar-refractivity contribution in [1.29, 1.82) is 0 Å². The molecule has 1 rings (SSSR count). The molecule has 0 heterocycles. The molecule has 0 aliphatic carbocycles. The molecule has 0 radical (unpaired) electrons. The molecular weight excluding hydrogens is 238 g/mol. The van der Waals surface area contributed by atoms with Crippen LogP contribution in [-0.2, 0) is 11.4 Å². The Kier molecular flexibility index (Phi) is 4.41. The summed E-state index contributed by atoms with van der Waals surface area (Å²) in [5, 5.41) is 29.3. The van der Waals surface area contributed by atoms with E-state index in [0.717, 1.165) is 6.92 Å². The maximum atomic E-state index is 11.6. The first-order chi connectivity index (χ1) is 8.36. The monoisotopic (exact) mass is 253 g/mol. The van der Waals surface area contributed by atoms with Crippen molar-refractivity contribution >= 4 is 11.9 Å². The molecule has 6 heteroatoms. The van der Waals surface area contributed by atoms with Gasteiger partial charge in [-0.3, -0.25) is 4.79 Å². The van der Waals surface area contributed by atoms with E-state index in [9.17, 15) is 14.7 Å². The van der Waals surface area contributed by atoms with E-state index in [1.807, 2.05) is 0 Å². The van der Waals surface area contributed by atoms with Gasteiger partial charge in [-0.15, -0.1) is 0 Å². The normalized spacial score (nSPS) is 13.7. The van der Waals surface area contributed by atoms with Gasteiger partial charge in [0.25, 0.3) is 5.91 Å². The summed E-state index contributed by atoms with van der Waals surface area (Å²) in [6.45, 7) is 0.600. The average Bonchev–Trinajstić information content (AvgIpc) is 2.36. The van der Waals surface area contributed by atoms with Gasteiger partial charge >= 0.3 is 5.97 Å². The van der Waals surface area contributed by atoms with Gasteiger partial charge in [0.1, 0.15) is 0 Å². The van der Waals surface area contributed by atoms with Crippen LogP contribution in [0, 0.1) is 0 Å². The minimum Gasteiger partial charge on any atom is -0.479 e. The summed E-state index contributed by atoms with van der Waals surface area (Å²) in [5.74, 6) is -1.89. The Morgan fingerprint density at radius 3 is 2.28 bits per heavy atom. The first-order valence-electron chi connectivity index (χ1n) is 5.30. The van der Waals surface area contributed by atoms with E-state index >= 15 is 0 Å². The van der Waals surface area contributed by atoms with Crippen LogP contribution in [0.25, 0.3) is 0 Å². The molecule has 0 aliphatic rings. The van der Waals surface area contributed by atoms with Crippen molar-refractivity contribution in [2.75, 3.05) is 6.54 Å². The number of carboxylic acids is 1. The van der Waals surface area contributed by atoms with Crippen LogP contribution in [0.5, 0.6) is 0 Å². The number of aliphatic hydroxyl groups excluding tert-OH is 1. The Morgan fingerprint density at radius 2 is 1.83 bits per heavy atom. The fourth-order valence-electron chi connectivity index (χ4n) is 1.19. The third-order valence-electron chi connectivity index (χ3n) is 2.45. The number of carbonyl (C=O) groups is 2. The van der Waals surface area contributed by atoms with Crippen molar-refractivity contribution in [3.05, 3.63) is 35.4 Å². The first-order valence-corrected chi connectivity index (χ1v) is 5.30. The zero-order chi connectivity index (χ0) is 13.8. The molecule has 0 saturated carbocycles. The van der Waals surface area contributed by atoms with Crippen molar-refractivity contribution in [3.63, 3.8) is 0 Å². The van der Waals surface area contributed by atoms with Gasteiger partial charge in [0.2, 0.25) is 0 Å². The lowest BCUT2D eigenvalue weighted by molar-refractivity contribution is -0.155. The number of amides is 1. The topological polar surface area (TPSA) is 107 Å². The van der Waals surface area contributed by atoms with E-state index in [-0.39, 0.29) is 13.2 Å². The standard InChI is InChI=1S/C12H15NO5/c1-12(18,11(16)17)7-13-10(15)9-4-2-8(6-14)3-5-9/h2-5,14,18H,6-7H2,1H3,(H,13,15)(H,16,17). The number of aliphatic carboxylic acids is 1. The van der Waals surface area contributed by atoms with Crippen LogP contribution in [0.1, 0.15) is 22.8 Å². The van der Waals surface area contributed by atoms with E-state index in [4.69, 9.17) is 10.2 Å². The molecule has 1 unspecified atom stereocenters. The van der Waals surface area contributed by atoms with E-state index in [1.54, 1.807) is 12.1 Å². The van der Waals surface area contributed by atoms with Crippen molar-refractivity contribution in [2.45, 2.75) is 19.1 Å². The highest BCUT2D eigenvalue weighted by atomic mass is 16.4. The van der Waals surface area contributed by atoms with Gasteiger partial charge < -0.3 is 20.6 Å². The van der Waals surface area contributed by atoms with Crippen LogP contribution >= 0.6 is 0 Å². The molecule has 0 bridgehead atoms. The summed E-state index contributed by atoms with van der Waals surface area (Å²) in [6, 6.07) is 6.20. The zero-order valence-electron chi connectivity index (χ0n) is 9.88. The Balaban J connectivity index is 2.63. The number of carboxylic acid groups (broad SMARTS) is 1. The molecule has 0 spiro atoms. The zero-order valence-corrected chi connectivity index (χ0v) is 9.88. The minimum absolute atomic E-state index is 0.115. The maximum Gasteiger partial charge on any atom is 0.337 e. The van der Waals surface area contributed by atoms with Gasteiger partial charge in [-0.2, -0.15) is 0 Å². The highest BCUT2D eigenvalue weighted by Crippen LogP contribution is 2.06. The Hall–Kier alpha value is -1.92.